The first-order chi connectivity index (χ1) is 18.2. The first-order valence-electron chi connectivity index (χ1n) is 14.0. The van der Waals surface area contributed by atoms with Gasteiger partial charge in [0.25, 0.3) is 0 Å². The minimum absolute atomic E-state index is 0.0360. The van der Waals surface area contributed by atoms with E-state index in [9.17, 15) is 19.5 Å². The number of cyclic esters (lactones) is 1. The van der Waals surface area contributed by atoms with E-state index in [1.807, 2.05) is 58.1 Å². The molecule has 0 saturated heterocycles. The van der Waals surface area contributed by atoms with Gasteiger partial charge in [0.05, 0.1) is 6.10 Å². The van der Waals surface area contributed by atoms with Gasteiger partial charge < -0.3 is 14.9 Å². The molecule has 1 aliphatic heterocycles. The summed E-state index contributed by atoms with van der Waals surface area (Å²) >= 11 is 0. The second-order valence-electron chi connectivity index (χ2n) is 11.1. The van der Waals surface area contributed by atoms with Crippen molar-refractivity contribution in [3.05, 3.63) is 71.4 Å². The zero-order chi connectivity index (χ0) is 29.7. The van der Waals surface area contributed by atoms with Gasteiger partial charge >= 0.3 is 11.9 Å². The van der Waals surface area contributed by atoms with Crippen LogP contribution in [0, 0.1) is 29.6 Å². The summed E-state index contributed by atoms with van der Waals surface area (Å²) in [5, 5.41) is 19.6. The van der Waals surface area contributed by atoms with E-state index in [4.69, 9.17) is 9.84 Å². The average Bonchev–Trinajstić information content (AvgIpc) is 2.86. The molecule has 1 heterocycles. The molecule has 0 bridgehead atoms. The normalized spacial score (nSPS) is 23.0. The molecule has 6 heteroatoms. The Bertz CT molecular complexity index is 1020. The largest absolute Gasteiger partial charge is 0.478 e. The van der Waals surface area contributed by atoms with Crippen molar-refractivity contribution in [2.45, 2.75) is 86.9 Å². The number of aliphatic hydroxyl groups excluding tert-OH is 1. The summed E-state index contributed by atoms with van der Waals surface area (Å²) < 4.78 is 5.39. The van der Waals surface area contributed by atoms with Gasteiger partial charge in [-0.1, -0.05) is 94.7 Å². The molecule has 0 aromatic rings. The van der Waals surface area contributed by atoms with Crippen LogP contribution in [-0.4, -0.2) is 40.1 Å². The molecule has 1 aliphatic rings. The molecular formula is C33H48O6. The lowest BCUT2D eigenvalue weighted by Gasteiger charge is -2.25. The SMILES string of the molecule is CCC(=C/[C@H](C)C/C=C/C(C)=C\[C@@H](C)C(=O)[C@@H](C)[C@H](O)[C@@H](C)C/C(C)=C/C(=O)O)/C=C/[C@@H]1OC(=O)C=C[C@@H]1C. The number of rotatable bonds is 15. The molecule has 1 rings (SSSR count). The number of carbonyl (C=O) groups is 3. The first-order valence-corrected chi connectivity index (χ1v) is 14.0. The Morgan fingerprint density at radius 2 is 1.77 bits per heavy atom. The Labute approximate surface area is 234 Å². The van der Waals surface area contributed by atoms with Crippen LogP contribution in [0.2, 0.25) is 0 Å². The van der Waals surface area contributed by atoms with E-state index in [-0.39, 0.29) is 35.6 Å². The van der Waals surface area contributed by atoms with Gasteiger partial charge in [-0.2, -0.15) is 0 Å². The number of hydrogen-bond donors (Lipinski definition) is 2. The van der Waals surface area contributed by atoms with Crippen molar-refractivity contribution in [1.82, 2.24) is 0 Å². The van der Waals surface area contributed by atoms with E-state index in [0.717, 1.165) is 24.5 Å². The number of carboxylic acids is 1. The predicted octanol–water partition coefficient (Wildman–Crippen LogP) is 6.78. The molecule has 0 aromatic carbocycles. The van der Waals surface area contributed by atoms with Crippen molar-refractivity contribution >= 4 is 17.7 Å². The zero-order valence-corrected chi connectivity index (χ0v) is 24.9. The maximum absolute atomic E-state index is 13.0. The van der Waals surface area contributed by atoms with Gasteiger partial charge in [-0.15, -0.1) is 0 Å². The summed E-state index contributed by atoms with van der Waals surface area (Å²) in [4.78, 5) is 35.3. The van der Waals surface area contributed by atoms with Crippen molar-refractivity contribution < 1.29 is 29.3 Å². The highest BCUT2D eigenvalue weighted by Crippen LogP contribution is 2.24. The molecule has 216 valence electrons. The summed E-state index contributed by atoms with van der Waals surface area (Å²) in [6.07, 6.45) is 17.8. The Morgan fingerprint density at radius 1 is 1.10 bits per heavy atom. The quantitative estimate of drug-likeness (QED) is 0.135. The van der Waals surface area contributed by atoms with E-state index >= 15 is 0 Å². The third-order valence-corrected chi connectivity index (χ3v) is 7.12. The van der Waals surface area contributed by atoms with Crippen LogP contribution in [-0.2, 0) is 19.1 Å². The molecular weight excluding hydrogens is 492 g/mol. The number of carbonyl (C=O) groups excluding carboxylic acids is 2. The van der Waals surface area contributed by atoms with Gasteiger partial charge in [-0.25, -0.2) is 9.59 Å². The Balaban J connectivity index is 2.69. The number of hydrogen-bond acceptors (Lipinski definition) is 5. The maximum atomic E-state index is 13.0. The summed E-state index contributed by atoms with van der Waals surface area (Å²) in [6.45, 7) is 15.4. The standard InChI is InChI=1S/C33H48O6/c1-9-28(14-15-29-24(5)13-16-31(36)39-29)19-22(3)12-10-11-21(2)17-25(6)32(37)27(8)33(38)26(7)18-23(4)20-30(34)35/h10-11,13-17,19-20,22,24-27,29,33,38H,9,12,18H2,1-8H3,(H,34,35)/b11-10+,15-14+,21-17-,23-20+,28-19-/t22-,24+,25-,26+,27-,29+,33-/m1/s1. The van der Waals surface area contributed by atoms with E-state index in [0.29, 0.717) is 17.9 Å². The van der Waals surface area contributed by atoms with E-state index in [2.05, 4.69) is 26.0 Å². The van der Waals surface area contributed by atoms with Gasteiger partial charge in [-0.05, 0) is 51.0 Å². The third kappa shape index (κ3) is 12.6. The topological polar surface area (TPSA) is 101 Å². The fourth-order valence-electron chi connectivity index (χ4n) is 4.75. The highest BCUT2D eigenvalue weighted by atomic mass is 16.5. The summed E-state index contributed by atoms with van der Waals surface area (Å²) in [5.74, 6) is -2.01. The van der Waals surface area contributed by atoms with E-state index in [1.54, 1.807) is 13.8 Å². The van der Waals surface area contributed by atoms with Crippen molar-refractivity contribution in [3.63, 3.8) is 0 Å². The Kier molecular flexibility index (Phi) is 14.7. The number of allylic oxidation sites excluding steroid dienone is 8. The number of esters is 1. The fraction of sp³-hybridized carbons (Fsp3) is 0.545. The lowest BCUT2D eigenvalue weighted by atomic mass is 9.83. The van der Waals surface area contributed by atoms with E-state index < -0.39 is 18.0 Å². The van der Waals surface area contributed by atoms with Gasteiger partial charge in [0, 0.05) is 29.9 Å². The molecule has 0 unspecified atom stereocenters. The van der Waals surface area contributed by atoms with Crippen molar-refractivity contribution in [3.8, 4) is 0 Å². The molecule has 0 fully saturated rings. The lowest BCUT2D eigenvalue weighted by molar-refractivity contribution is -0.143. The average molecular weight is 541 g/mol. The molecule has 6 nitrogen and oxygen atoms in total. The van der Waals surface area contributed by atoms with Gasteiger partial charge in [0.15, 0.2) is 0 Å². The summed E-state index contributed by atoms with van der Waals surface area (Å²) in [7, 11) is 0. The minimum Gasteiger partial charge on any atom is -0.478 e. The molecule has 39 heavy (non-hydrogen) atoms. The second kappa shape index (κ2) is 16.9. The molecule has 0 aliphatic carbocycles. The minimum atomic E-state index is -1.01. The molecule has 0 aromatic heterocycles. The highest BCUT2D eigenvalue weighted by Gasteiger charge is 2.29. The van der Waals surface area contributed by atoms with Crippen LogP contribution in [0.15, 0.2) is 71.4 Å². The van der Waals surface area contributed by atoms with Gasteiger partial charge in [-0.3, -0.25) is 4.79 Å². The molecule has 0 spiro atoms. The van der Waals surface area contributed by atoms with E-state index in [1.165, 1.54) is 11.6 Å². The molecule has 2 N–H and O–H groups in total. The highest BCUT2D eigenvalue weighted by molar-refractivity contribution is 5.85. The lowest BCUT2D eigenvalue weighted by Crippen LogP contribution is -2.34. The van der Waals surface area contributed by atoms with Crippen LogP contribution in [0.25, 0.3) is 0 Å². The molecule has 0 radical (unpaired) electrons. The van der Waals surface area contributed by atoms with Crippen molar-refractivity contribution in [2.75, 3.05) is 0 Å². The van der Waals surface area contributed by atoms with Crippen LogP contribution in [0.5, 0.6) is 0 Å². The number of aliphatic carboxylic acids is 1. The van der Waals surface area contributed by atoms with Gasteiger partial charge in [0.1, 0.15) is 11.9 Å². The number of Topliss-reactive ketones (excluding diaryl/α,β-unsaturated/α-hetero) is 1. The molecule has 0 saturated carbocycles. The van der Waals surface area contributed by atoms with Crippen LogP contribution >= 0.6 is 0 Å². The van der Waals surface area contributed by atoms with Crippen molar-refractivity contribution in [1.29, 1.82) is 0 Å². The number of carboxylic acid groups (broad SMARTS) is 1. The Hall–Kier alpha value is -2.99. The predicted molar refractivity (Wildman–Crippen MR) is 157 cm³/mol. The zero-order valence-electron chi connectivity index (χ0n) is 24.9. The maximum Gasteiger partial charge on any atom is 0.331 e. The van der Waals surface area contributed by atoms with Crippen LogP contribution in [0.3, 0.4) is 0 Å². The number of ketones is 1. The molecule has 0 amide bonds. The number of ether oxygens (including phenoxy) is 1. The van der Waals surface area contributed by atoms with Crippen LogP contribution < -0.4 is 0 Å². The summed E-state index contributed by atoms with van der Waals surface area (Å²) in [5.41, 5.74) is 2.84. The molecule has 7 atom stereocenters. The second-order valence-corrected chi connectivity index (χ2v) is 11.1. The fourth-order valence-corrected chi connectivity index (χ4v) is 4.75. The monoisotopic (exact) mass is 540 g/mol. The first kappa shape index (κ1) is 34.0. The summed E-state index contributed by atoms with van der Waals surface area (Å²) in [6, 6.07) is 0. The number of aliphatic hydroxyl groups is 1. The third-order valence-electron chi connectivity index (χ3n) is 7.12. The van der Waals surface area contributed by atoms with Crippen LogP contribution in [0.4, 0.5) is 0 Å². The Morgan fingerprint density at radius 3 is 2.38 bits per heavy atom. The smallest absolute Gasteiger partial charge is 0.331 e. The van der Waals surface area contributed by atoms with Crippen molar-refractivity contribution in [2.24, 2.45) is 29.6 Å². The van der Waals surface area contributed by atoms with Gasteiger partial charge in [0.2, 0.25) is 0 Å². The van der Waals surface area contributed by atoms with Crippen LogP contribution in [0.1, 0.15) is 74.7 Å².